The summed E-state index contributed by atoms with van der Waals surface area (Å²) in [5.74, 6) is 0. The lowest BCUT2D eigenvalue weighted by atomic mass is 9.97. The minimum Gasteiger partial charge on any atom is -0.357 e. The summed E-state index contributed by atoms with van der Waals surface area (Å²) >= 11 is 0. The number of nitrogens with zero attached hydrogens (tertiary/aromatic N) is 3. The normalized spacial score (nSPS) is 20.0. The molecular formula is C21H24N4. The number of aromatic amines is 1. The number of aromatic nitrogens is 3. The van der Waals surface area contributed by atoms with Crippen LogP contribution in [0.25, 0.3) is 11.0 Å². The Bertz CT molecular complexity index is 913. The molecule has 1 saturated heterocycles. The lowest BCUT2D eigenvalue weighted by Crippen LogP contribution is -2.30. The highest BCUT2D eigenvalue weighted by Gasteiger charge is 2.34. The maximum Gasteiger partial charge on any atom is 0.0935 e. The molecule has 0 spiro atoms. The largest absolute Gasteiger partial charge is 0.357 e. The fraction of sp³-hybridized carbons (Fsp3) is 0.429. The zero-order valence-electron chi connectivity index (χ0n) is 14.8. The third-order valence-electron chi connectivity index (χ3n) is 5.84. The molecule has 4 nitrogen and oxygen atoms in total. The van der Waals surface area contributed by atoms with Crippen LogP contribution in [0.5, 0.6) is 0 Å². The maximum absolute atomic E-state index is 4.95. The summed E-state index contributed by atoms with van der Waals surface area (Å²) < 4.78 is 0. The van der Waals surface area contributed by atoms with Crippen molar-refractivity contribution in [3.63, 3.8) is 0 Å². The molecular weight excluding hydrogens is 308 g/mol. The number of rotatable bonds is 3. The van der Waals surface area contributed by atoms with Crippen LogP contribution in [-0.4, -0.2) is 32.9 Å². The molecule has 0 aromatic carbocycles. The molecule has 1 unspecified atom stereocenters. The van der Waals surface area contributed by atoms with Gasteiger partial charge in [-0.25, -0.2) is 0 Å². The highest BCUT2D eigenvalue weighted by Crippen LogP contribution is 2.41. The minimum atomic E-state index is 0.581. The fourth-order valence-corrected chi connectivity index (χ4v) is 4.69. The smallest absolute Gasteiger partial charge is 0.0935 e. The molecule has 0 bridgehead atoms. The van der Waals surface area contributed by atoms with E-state index in [1.807, 2.05) is 18.5 Å². The van der Waals surface area contributed by atoms with Crippen LogP contribution in [0.2, 0.25) is 0 Å². The van der Waals surface area contributed by atoms with Crippen LogP contribution in [0.4, 0.5) is 0 Å². The van der Waals surface area contributed by atoms with E-state index in [-0.39, 0.29) is 0 Å². The van der Waals surface area contributed by atoms with Crippen molar-refractivity contribution in [1.82, 2.24) is 19.9 Å². The molecule has 0 amide bonds. The second-order valence-corrected chi connectivity index (χ2v) is 7.47. The van der Waals surface area contributed by atoms with Crippen molar-refractivity contribution in [2.45, 2.75) is 45.1 Å². The number of hydrogen-bond acceptors (Lipinski definition) is 3. The van der Waals surface area contributed by atoms with E-state index < -0.39 is 0 Å². The van der Waals surface area contributed by atoms with Gasteiger partial charge in [0, 0.05) is 48.4 Å². The van der Waals surface area contributed by atoms with E-state index in [1.165, 1.54) is 59.3 Å². The van der Waals surface area contributed by atoms with Gasteiger partial charge in [-0.05, 0) is 62.4 Å². The van der Waals surface area contributed by atoms with Crippen molar-refractivity contribution < 1.29 is 0 Å². The van der Waals surface area contributed by atoms with Crippen molar-refractivity contribution in [2.75, 3.05) is 13.1 Å². The minimum absolute atomic E-state index is 0.581. The van der Waals surface area contributed by atoms with Crippen LogP contribution in [0, 0.1) is 6.92 Å². The number of aryl methyl sites for hydroxylation is 3. The molecule has 128 valence electrons. The van der Waals surface area contributed by atoms with Gasteiger partial charge in [0.15, 0.2) is 0 Å². The molecule has 3 aromatic rings. The number of pyridine rings is 2. The van der Waals surface area contributed by atoms with Crippen molar-refractivity contribution in [2.24, 2.45) is 0 Å². The second-order valence-electron chi connectivity index (χ2n) is 7.47. The predicted molar refractivity (Wildman–Crippen MR) is 99.7 cm³/mol. The molecule has 3 aromatic heterocycles. The van der Waals surface area contributed by atoms with Gasteiger partial charge >= 0.3 is 0 Å². The highest BCUT2D eigenvalue weighted by molar-refractivity contribution is 5.85. The third-order valence-corrected chi connectivity index (χ3v) is 5.84. The summed E-state index contributed by atoms with van der Waals surface area (Å²) in [5.41, 5.74) is 9.24. The Morgan fingerprint density at radius 1 is 1.28 bits per heavy atom. The topological polar surface area (TPSA) is 44.8 Å². The fourth-order valence-electron chi connectivity index (χ4n) is 4.69. The van der Waals surface area contributed by atoms with Crippen LogP contribution >= 0.6 is 0 Å². The van der Waals surface area contributed by atoms with E-state index in [4.69, 9.17) is 4.98 Å². The second kappa shape index (κ2) is 5.95. The Morgan fingerprint density at radius 3 is 3.12 bits per heavy atom. The van der Waals surface area contributed by atoms with Gasteiger partial charge < -0.3 is 4.98 Å². The van der Waals surface area contributed by atoms with Crippen molar-refractivity contribution >= 4 is 11.0 Å². The van der Waals surface area contributed by atoms with Gasteiger partial charge in [-0.3, -0.25) is 14.9 Å². The average molecular weight is 332 g/mol. The molecule has 2 aliphatic rings. The molecule has 25 heavy (non-hydrogen) atoms. The molecule has 4 heteroatoms. The Hall–Kier alpha value is -2.20. The van der Waals surface area contributed by atoms with Gasteiger partial charge in [0.2, 0.25) is 0 Å². The maximum atomic E-state index is 4.95. The molecule has 0 aliphatic carbocycles. The van der Waals surface area contributed by atoms with E-state index >= 15 is 0 Å². The zero-order chi connectivity index (χ0) is 16.8. The van der Waals surface area contributed by atoms with Gasteiger partial charge in [-0.15, -0.1) is 0 Å². The number of H-pyrrole nitrogens is 1. The van der Waals surface area contributed by atoms with E-state index in [2.05, 4.69) is 33.9 Å². The first-order chi connectivity index (χ1) is 12.3. The first kappa shape index (κ1) is 15.1. The zero-order valence-corrected chi connectivity index (χ0v) is 14.8. The van der Waals surface area contributed by atoms with E-state index in [0.29, 0.717) is 6.04 Å². The number of nitrogens with one attached hydrogen (secondary N) is 1. The van der Waals surface area contributed by atoms with Crippen LogP contribution < -0.4 is 0 Å². The first-order valence-corrected chi connectivity index (χ1v) is 9.43. The third kappa shape index (κ3) is 2.56. The first-order valence-electron chi connectivity index (χ1n) is 9.43. The molecule has 5 rings (SSSR count). The van der Waals surface area contributed by atoms with Gasteiger partial charge in [-0.2, -0.15) is 0 Å². The van der Waals surface area contributed by atoms with E-state index in [1.54, 1.807) is 0 Å². The Morgan fingerprint density at radius 2 is 2.24 bits per heavy atom. The van der Waals surface area contributed by atoms with Crippen molar-refractivity contribution in [3.8, 4) is 0 Å². The number of hydrogen-bond donors (Lipinski definition) is 1. The summed E-state index contributed by atoms with van der Waals surface area (Å²) in [6.45, 7) is 4.56. The monoisotopic (exact) mass is 332 g/mol. The summed E-state index contributed by atoms with van der Waals surface area (Å²) in [6, 6.07) is 7.02. The lowest BCUT2D eigenvalue weighted by molar-refractivity contribution is 0.244. The summed E-state index contributed by atoms with van der Waals surface area (Å²) in [6.07, 6.45) is 9.58. The molecule has 0 radical (unpaired) electrons. The van der Waals surface area contributed by atoms with Gasteiger partial charge in [0.25, 0.3) is 0 Å². The van der Waals surface area contributed by atoms with Gasteiger partial charge in [0.05, 0.1) is 11.0 Å². The summed E-state index contributed by atoms with van der Waals surface area (Å²) in [5, 5.41) is 0. The van der Waals surface area contributed by atoms with Crippen LogP contribution in [0.1, 0.15) is 47.0 Å². The van der Waals surface area contributed by atoms with E-state index in [0.717, 1.165) is 25.0 Å². The van der Waals surface area contributed by atoms with Gasteiger partial charge in [0.1, 0.15) is 0 Å². The quantitative estimate of drug-likeness (QED) is 0.794. The molecule has 1 atom stereocenters. The van der Waals surface area contributed by atoms with Crippen LogP contribution in [0.15, 0.2) is 30.6 Å². The average Bonchev–Trinajstić information content (AvgIpc) is 3.24. The molecule has 5 heterocycles. The van der Waals surface area contributed by atoms with Crippen molar-refractivity contribution in [1.29, 1.82) is 0 Å². The summed E-state index contributed by atoms with van der Waals surface area (Å²) in [4.78, 5) is 15.6. The molecule has 0 saturated carbocycles. The van der Waals surface area contributed by atoms with Gasteiger partial charge in [-0.1, -0.05) is 6.07 Å². The standard InChI is InChI=1S/C21H24N4/c1-14-12-16(7-6-15-4-2-9-22-13-15)20-21(23-14)19-17(24-20)8-11-25-10-3-5-18(19)25/h2,4,9,12-13,18,24H,3,5-8,10-11H2,1H3. The Labute approximate surface area is 148 Å². The predicted octanol–water partition coefficient (Wildman–Crippen LogP) is 3.74. The van der Waals surface area contributed by atoms with Crippen LogP contribution in [-0.2, 0) is 19.3 Å². The van der Waals surface area contributed by atoms with Crippen molar-refractivity contribution in [3.05, 3.63) is 58.7 Å². The number of fused-ring (bicyclic) bond motifs is 5. The lowest BCUT2D eigenvalue weighted by Gasteiger charge is -2.29. The molecule has 1 fully saturated rings. The molecule has 1 N–H and O–H groups in total. The SMILES string of the molecule is Cc1cc(CCc2cccnc2)c2[nH]c3c(c2n1)C1CCCN1CC3. The molecule has 2 aliphatic heterocycles. The van der Waals surface area contributed by atoms with Crippen LogP contribution in [0.3, 0.4) is 0 Å². The van der Waals surface area contributed by atoms with E-state index in [9.17, 15) is 0 Å². The Balaban J connectivity index is 1.56. The highest BCUT2D eigenvalue weighted by atomic mass is 15.2. The summed E-state index contributed by atoms with van der Waals surface area (Å²) in [7, 11) is 0. The Kier molecular flexibility index (Phi) is 3.59.